The van der Waals surface area contributed by atoms with E-state index in [4.69, 9.17) is 0 Å². The number of hydrogen-bond acceptors (Lipinski definition) is 2. The van der Waals surface area contributed by atoms with Crippen molar-refractivity contribution >= 4 is 6.29 Å². The highest BCUT2D eigenvalue weighted by Gasteiger charge is 2.57. The Morgan fingerprint density at radius 2 is 1.74 bits per heavy atom. The molecule has 3 aliphatic rings. The van der Waals surface area contributed by atoms with E-state index in [1.807, 2.05) is 0 Å². The van der Waals surface area contributed by atoms with E-state index in [1.165, 1.54) is 38.5 Å². The molecule has 0 spiro atoms. The van der Waals surface area contributed by atoms with Crippen LogP contribution in [0.25, 0.3) is 0 Å². The lowest BCUT2D eigenvalue weighted by molar-refractivity contribution is -0.146. The molecule has 2 nitrogen and oxygen atoms in total. The second kappa shape index (κ2) is 5.55. The third-order valence-corrected chi connectivity index (χ3v) is 6.29. The van der Waals surface area contributed by atoms with Gasteiger partial charge < -0.3 is 4.79 Å². The molecule has 2 heteroatoms. The van der Waals surface area contributed by atoms with Crippen LogP contribution in [0.5, 0.6) is 0 Å². The normalized spacial score (nSPS) is 41.1. The quantitative estimate of drug-likeness (QED) is 0.655. The van der Waals surface area contributed by atoms with Crippen molar-refractivity contribution < 1.29 is 4.79 Å². The molecule has 0 aromatic carbocycles. The van der Waals surface area contributed by atoms with E-state index in [-0.39, 0.29) is 0 Å². The number of hydrogen-bond donors (Lipinski definition) is 0. The Morgan fingerprint density at radius 3 is 2.21 bits per heavy atom. The first-order chi connectivity index (χ1) is 9.28. The predicted molar refractivity (Wildman–Crippen MR) is 78.0 cm³/mol. The molecule has 6 atom stereocenters. The van der Waals surface area contributed by atoms with Gasteiger partial charge in [0.1, 0.15) is 6.29 Å². The summed E-state index contributed by atoms with van der Waals surface area (Å²) in [4.78, 5) is 13.6. The summed E-state index contributed by atoms with van der Waals surface area (Å²) in [5.74, 6) is 4.31. The van der Waals surface area contributed by atoms with Crippen LogP contribution in [-0.4, -0.2) is 29.8 Å². The van der Waals surface area contributed by atoms with Gasteiger partial charge in [-0.3, -0.25) is 4.90 Å². The smallest absolute Gasteiger partial charge is 0.121 e. The maximum absolute atomic E-state index is 11.0. The van der Waals surface area contributed by atoms with Crippen molar-refractivity contribution in [3.8, 4) is 0 Å². The Hall–Kier alpha value is -0.370. The molecule has 108 valence electrons. The second-order valence-corrected chi connectivity index (χ2v) is 7.13. The summed E-state index contributed by atoms with van der Waals surface area (Å²) in [6.45, 7) is 5.64. The zero-order valence-electron chi connectivity index (χ0n) is 12.6. The summed E-state index contributed by atoms with van der Waals surface area (Å²) in [6.07, 6.45) is 10.1. The average Bonchev–Trinajstić information content (AvgIpc) is 2.33. The molecule has 0 saturated heterocycles. The molecule has 19 heavy (non-hydrogen) atoms. The van der Waals surface area contributed by atoms with Gasteiger partial charge in [0.05, 0.1) is 0 Å². The first kappa shape index (κ1) is 13.6. The molecule has 0 amide bonds. The van der Waals surface area contributed by atoms with Crippen LogP contribution < -0.4 is 0 Å². The number of nitrogens with zero attached hydrogens (tertiary/aromatic N) is 1. The lowest BCUT2D eigenvalue weighted by Crippen LogP contribution is -2.60. The minimum absolute atomic E-state index is 0.505. The number of aldehydes is 1. The van der Waals surface area contributed by atoms with Gasteiger partial charge in [-0.2, -0.15) is 0 Å². The molecule has 0 aliphatic heterocycles. The summed E-state index contributed by atoms with van der Waals surface area (Å²) >= 11 is 0. The molecule has 3 aliphatic carbocycles. The van der Waals surface area contributed by atoms with Crippen molar-refractivity contribution in [3.05, 3.63) is 0 Å². The van der Waals surface area contributed by atoms with Crippen LogP contribution in [0.2, 0.25) is 0 Å². The topological polar surface area (TPSA) is 20.3 Å². The summed E-state index contributed by atoms with van der Waals surface area (Å²) in [5, 5.41) is 0. The highest BCUT2D eigenvalue weighted by atomic mass is 16.1. The van der Waals surface area contributed by atoms with Crippen LogP contribution in [0, 0.1) is 23.7 Å². The van der Waals surface area contributed by atoms with Crippen LogP contribution in [0.15, 0.2) is 0 Å². The first-order valence-electron chi connectivity index (χ1n) is 8.47. The van der Waals surface area contributed by atoms with Crippen molar-refractivity contribution in [2.75, 3.05) is 6.54 Å². The van der Waals surface area contributed by atoms with E-state index in [1.54, 1.807) is 0 Å². The van der Waals surface area contributed by atoms with Crippen molar-refractivity contribution in [2.45, 2.75) is 70.9 Å². The Kier molecular flexibility index (Phi) is 3.98. The molecule has 0 aromatic rings. The van der Waals surface area contributed by atoms with Gasteiger partial charge in [-0.25, -0.2) is 0 Å². The van der Waals surface area contributed by atoms with E-state index >= 15 is 0 Å². The van der Waals surface area contributed by atoms with Gasteiger partial charge in [0, 0.05) is 18.5 Å². The van der Waals surface area contributed by atoms with Gasteiger partial charge in [-0.1, -0.05) is 20.3 Å². The van der Waals surface area contributed by atoms with Gasteiger partial charge in [0.25, 0.3) is 0 Å². The van der Waals surface area contributed by atoms with Crippen molar-refractivity contribution in [1.82, 2.24) is 4.90 Å². The summed E-state index contributed by atoms with van der Waals surface area (Å²) in [6, 6.07) is 1.28. The summed E-state index contributed by atoms with van der Waals surface area (Å²) in [7, 11) is 0. The molecule has 0 radical (unpaired) electrons. The standard InChI is InChI=1S/C17H29NO/c1-3-5-15(6-7-19)18(4-2)16-10-13-8-12-9-14(11-16)17(12)13/h7,12-17H,3-6,8-11H2,1-2H3/t12-,13+,14-,15?,16+,17?. The molecule has 3 rings (SSSR count). The second-order valence-electron chi connectivity index (χ2n) is 7.13. The van der Waals surface area contributed by atoms with Gasteiger partial charge in [-0.15, -0.1) is 0 Å². The van der Waals surface area contributed by atoms with E-state index in [9.17, 15) is 4.79 Å². The monoisotopic (exact) mass is 263 g/mol. The Labute approximate surface area is 117 Å². The third kappa shape index (κ3) is 2.26. The molecular formula is C17H29NO. The molecule has 2 unspecified atom stereocenters. The fourth-order valence-electron chi connectivity index (χ4n) is 5.52. The largest absolute Gasteiger partial charge is 0.303 e. The highest BCUT2D eigenvalue weighted by molar-refractivity contribution is 5.50. The fraction of sp³-hybridized carbons (Fsp3) is 0.941. The first-order valence-corrected chi connectivity index (χ1v) is 8.47. The van der Waals surface area contributed by atoms with Crippen LogP contribution in [0.4, 0.5) is 0 Å². The zero-order valence-corrected chi connectivity index (χ0v) is 12.6. The third-order valence-electron chi connectivity index (χ3n) is 6.29. The van der Waals surface area contributed by atoms with Crippen LogP contribution in [0.1, 0.15) is 58.8 Å². The van der Waals surface area contributed by atoms with E-state index in [0.717, 1.165) is 49.0 Å². The fourth-order valence-corrected chi connectivity index (χ4v) is 5.52. The zero-order chi connectivity index (χ0) is 13.4. The molecule has 0 bridgehead atoms. The van der Waals surface area contributed by atoms with Crippen LogP contribution in [0.3, 0.4) is 0 Å². The van der Waals surface area contributed by atoms with Crippen LogP contribution >= 0.6 is 0 Å². The Bertz CT molecular complexity index is 313. The molecule has 3 saturated carbocycles. The molecule has 0 heterocycles. The van der Waals surface area contributed by atoms with Crippen LogP contribution in [-0.2, 0) is 4.79 Å². The lowest BCUT2D eigenvalue weighted by atomic mass is 9.43. The Balaban J connectivity index is 1.64. The lowest BCUT2D eigenvalue weighted by Gasteiger charge is -2.64. The van der Waals surface area contributed by atoms with E-state index in [0.29, 0.717) is 6.04 Å². The molecular weight excluding hydrogens is 234 g/mol. The maximum atomic E-state index is 11.0. The average molecular weight is 263 g/mol. The maximum Gasteiger partial charge on any atom is 0.121 e. The van der Waals surface area contributed by atoms with Gasteiger partial charge in [-0.05, 0) is 62.3 Å². The Morgan fingerprint density at radius 1 is 1.11 bits per heavy atom. The van der Waals surface area contributed by atoms with E-state index < -0.39 is 0 Å². The minimum atomic E-state index is 0.505. The van der Waals surface area contributed by atoms with Gasteiger partial charge >= 0.3 is 0 Å². The van der Waals surface area contributed by atoms with Crippen molar-refractivity contribution in [1.29, 1.82) is 0 Å². The highest BCUT2D eigenvalue weighted by Crippen LogP contribution is 2.63. The predicted octanol–water partition coefficient (Wildman–Crippen LogP) is 3.50. The van der Waals surface area contributed by atoms with Crippen molar-refractivity contribution in [3.63, 3.8) is 0 Å². The van der Waals surface area contributed by atoms with Gasteiger partial charge in [0.15, 0.2) is 0 Å². The molecule has 0 N–H and O–H groups in total. The number of carbonyl (C=O) groups excluding carboxylic acids is 1. The number of carbonyl (C=O) groups is 1. The molecule has 3 fully saturated rings. The minimum Gasteiger partial charge on any atom is -0.303 e. The van der Waals surface area contributed by atoms with Crippen molar-refractivity contribution in [2.24, 2.45) is 23.7 Å². The summed E-state index contributed by atoms with van der Waals surface area (Å²) < 4.78 is 0. The number of rotatable bonds is 7. The molecule has 0 aromatic heterocycles. The van der Waals surface area contributed by atoms with E-state index in [2.05, 4.69) is 18.7 Å². The summed E-state index contributed by atoms with van der Waals surface area (Å²) in [5.41, 5.74) is 0. The SMILES string of the molecule is CCCC(CC=O)N(CC)[C@@H]1C[C@H]2C[C@H]3C[C@@H](C1)C32. The van der Waals surface area contributed by atoms with Gasteiger partial charge in [0.2, 0.25) is 0 Å².